The van der Waals surface area contributed by atoms with E-state index in [0.717, 1.165) is 23.0 Å². The third-order valence-corrected chi connectivity index (χ3v) is 2.31. The first-order valence-corrected chi connectivity index (χ1v) is 5.45. The molecule has 0 aromatic carbocycles. The predicted molar refractivity (Wildman–Crippen MR) is 61.4 cm³/mol. The normalized spacial score (nSPS) is 11.4. The fourth-order valence-corrected chi connectivity index (χ4v) is 1.43. The Balaban J connectivity index is 1.98. The number of hydrogen-bond donors (Lipinski definition) is 3. The minimum absolute atomic E-state index is 0.0550. The van der Waals surface area contributed by atoms with E-state index in [4.69, 9.17) is 5.11 Å². The van der Waals surface area contributed by atoms with Crippen LogP contribution in [0.5, 0.6) is 0 Å². The van der Waals surface area contributed by atoms with Crippen molar-refractivity contribution in [3.8, 4) is 0 Å². The highest BCUT2D eigenvalue weighted by Crippen LogP contribution is 2.27. The molecule has 2 rings (SSSR count). The number of halogens is 3. The van der Waals surface area contributed by atoms with Gasteiger partial charge in [-0.25, -0.2) is 4.79 Å². The summed E-state index contributed by atoms with van der Waals surface area (Å²) in [5.41, 5.74) is -1.34. The van der Waals surface area contributed by atoms with Crippen molar-refractivity contribution >= 4 is 17.7 Å². The van der Waals surface area contributed by atoms with Crippen molar-refractivity contribution < 1.29 is 27.9 Å². The Labute approximate surface area is 114 Å². The zero-order valence-electron chi connectivity index (χ0n) is 10.2. The number of aromatic carboxylic acids is 1. The fraction of sp³-hybridized carbons (Fsp3) is 0.200. The van der Waals surface area contributed by atoms with Gasteiger partial charge in [0.15, 0.2) is 11.5 Å². The van der Waals surface area contributed by atoms with Crippen LogP contribution in [0.4, 0.5) is 19.0 Å². The van der Waals surface area contributed by atoms with E-state index in [-0.39, 0.29) is 11.5 Å². The van der Waals surface area contributed by atoms with Gasteiger partial charge in [-0.1, -0.05) is 0 Å². The number of aromatic amines is 1. The molecule has 0 unspecified atom stereocenters. The number of amides is 1. The lowest BCUT2D eigenvalue weighted by Gasteiger charge is -2.03. The number of carbonyl (C=O) groups excluding carboxylic acids is 1. The summed E-state index contributed by atoms with van der Waals surface area (Å²) < 4.78 is 37.8. The van der Waals surface area contributed by atoms with Gasteiger partial charge in [0.05, 0.1) is 0 Å². The van der Waals surface area contributed by atoms with Crippen molar-refractivity contribution in [2.45, 2.75) is 12.7 Å². The number of carboxylic acids is 1. The largest absolute Gasteiger partial charge is 0.477 e. The summed E-state index contributed by atoms with van der Waals surface area (Å²) in [6.45, 7) is -0.467. The average Bonchev–Trinajstić information content (AvgIpc) is 2.97. The van der Waals surface area contributed by atoms with Gasteiger partial charge in [-0.3, -0.25) is 14.6 Å². The number of nitrogens with zero attached hydrogens (tertiary/aromatic N) is 3. The van der Waals surface area contributed by atoms with E-state index in [1.807, 2.05) is 0 Å². The predicted octanol–water partition coefficient (Wildman–Crippen LogP) is 0.962. The Morgan fingerprint density at radius 2 is 2.14 bits per heavy atom. The molecular formula is C10H8F3N5O3. The van der Waals surface area contributed by atoms with Crippen LogP contribution >= 0.6 is 0 Å². The Morgan fingerprint density at radius 1 is 1.43 bits per heavy atom. The van der Waals surface area contributed by atoms with E-state index in [1.165, 1.54) is 0 Å². The van der Waals surface area contributed by atoms with Gasteiger partial charge in [0.2, 0.25) is 5.91 Å². The van der Waals surface area contributed by atoms with Crippen molar-refractivity contribution in [1.29, 1.82) is 0 Å². The first-order valence-electron chi connectivity index (χ1n) is 5.45. The number of hydrogen-bond acceptors (Lipinski definition) is 4. The summed E-state index contributed by atoms with van der Waals surface area (Å²) in [4.78, 5) is 22.1. The Morgan fingerprint density at radius 3 is 2.67 bits per heavy atom. The molecule has 0 saturated carbocycles. The number of H-pyrrole nitrogens is 1. The van der Waals surface area contributed by atoms with Crippen LogP contribution in [0.3, 0.4) is 0 Å². The molecule has 0 radical (unpaired) electrons. The van der Waals surface area contributed by atoms with E-state index in [9.17, 15) is 22.8 Å². The lowest BCUT2D eigenvalue weighted by atomic mass is 10.4. The minimum atomic E-state index is -4.58. The summed E-state index contributed by atoms with van der Waals surface area (Å²) >= 11 is 0. The lowest BCUT2D eigenvalue weighted by Crippen LogP contribution is -2.20. The van der Waals surface area contributed by atoms with Gasteiger partial charge in [0.1, 0.15) is 12.2 Å². The van der Waals surface area contributed by atoms with Gasteiger partial charge in [0, 0.05) is 12.3 Å². The third kappa shape index (κ3) is 3.58. The first kappa shape index (κ1) is 14.6. The molecule has 8 nitrogen and oxygen atoms in total. The number of rotatable bonds is 4. The van der Waals surface area contributed by atoms with E-state index in [1.54, 1.807) is 0 Å². The number of alkyl halides is 3. The maximum absolute atomic E-state index is 12.3. The third-order valence-electron chi connectivity index (χ3n) is 2.31. The van der Waals surface area contributed by atoms with Crippen molar-refractivity contribution in [3.63, 3.8) is 0 Å². The molecule has 0 fully saturated rings. The van der Waals surface area contributed by atoms with Crippen LogP contribution in [0.15, 0.2) is 18.3 Å². The molecule has 3 N–H and O–H groups in total. The number of anilines is 1. The summed E-state index contributed by atoms with van der Waals surface area (Å²) in [6.07, 6.45) is -3.57. The van der Waals surface area contributed by atoms with Crippen LogP contribution in [-0.4, -0.2) is 37.0 Å². The standard InChI is InChI=1S/C10H8F3N5O3/c11-10(12,13)6-1-2-18(17-6)4-8(19)14-7-3-5(9(20)21)15-16-7/h1-3H,4H2,(H,20,21)(H2,14,15,16,19). The summed E-state index contributed by atoms with van der Waals surface area (Å²) in [6, 6.07) is 1.81. The molecule has 2 aromatic heterocycles. The van der Waals surface area contributed by atoms with Crippen LogP contribution in [-0.2, 0) is 17.5 Å². The van der Waals surface area contributed by atoms with Crippen molar-refractivity contribution in [2.75, 3.05) is 5.32 Å². The molecule has 112 valence electrons. The summed E-state index contributed by atoms with van der Waals surface area (Å²) in [5, 5.41) is 19.8. The summed E-state index contributed by atoms with van der Waals surface area (Å²) in [7, 11) is 0. The van der Waals surface area contributed by atoms with E-state index in [2.05, 4.69) is 20.6 Å². The molecular weight excluding hydrogens is 295 g/mol. The number of carbonyl (C=O) groups is 2. The zero-order chi connectivity index (χ0) is 15.6. The van der Waals surface area contributed by atoms with Gasteiger partial charge in [-0.2, -0.15) is 23.4 Å². The fourth-order valence-electron chi connectivity index (χ4n) is 1.43. The molecule has 0 aliphatic heterocycles. The maximum Gasteiger partial charge on any atom is 0.435 e. The monoisotopic (exact) mass is 303 g/mol. The molecule has 0 atom stereocenters. The van der Waals surface area contributed by atoms with E-state index >= 15 is 0 Å². The van der Waals surface area contributed by atoms with Crippen molar-refractivity contribution in [1.82, 2.24) is 20.0 Å². The first-order chi connectivity index (χ1) is 9.75. The second kappa shape index (κ2) is 5.26. The van der Waals surface area contributed by atoms with Crippen molar-refractivity contribution in [3.05, 3.63) is 29.7 Å². The molecule has 21 heavy (non-hydrogen) atoms. The number of aromatic nitrogens is 4. The molecule has 2 heterocycles. The minimum Gasteiger partial charge on any atom is -0.477 e. The highest BCUT2D eigenvalue weighted by molar-refractivity contribution is 5.92. The van der Waals surface area contributed by atoms with Crippen LogP contribution in [0.1, 0.15) is 16.2 Å². The lowest BCUT2D eigenvalue weighted by molar-refractivity contribution is -0.141. The van der Waals surface area contributed by atoms with Gasteiger partial charge < -0.3 is 10.4 Å². The molecule has 0 aliphatic rings. The van der Waals surface area contributed by atoms with E-state index in [0.29, 0.717) is 0 Å². The second-order valence-corrected chi connectivity index (χ2v) is 3.92. The van der Waals surface area contributed by atoms with Gasteiger partial charge in [-0.05, 0) is 6.07 Å². The van der Waals surface area contributed by atoms with Gasteiger partial charge >= 0.3 is 12.1 Å². The number of carboxylic acid groups (broad SMARTS) is 1. The highest BCUT2D eigenvalue weighted by atomic mass is 19.4. The van der Waals surface area contributed by atoms with Crippen LogP contribution in [0, 0.1) is 0 Å². The van der Waals surface area contributed by atoms with E-state index < -0.39 is 30.3 Å². The Bertz CT molecular complexity index is 676. The topological polar surface area (TPSA) is 113 Å². The summed E-state index contributed by atoms with van der Waals surface area (Å²) in [5.74, 6) is -2.01. The average molecular weight is 303 g/mol. The number of nitrogens with one attached hydrogen (secondary N) is 2. The maximum atomic E-state index is 12.3. The molecule has 2 aromatic rings. The highest BCUT2D eigenvalue weighted by Gasteiger charge is 2.33. The zero-order valence-corrected chi connectivity index (χ0v) is 10.2. The quantitative estimate of drug-likeness (QED) is 0.778. The Kier molecular flexibility index (Phi) is 3.65. The molecule has 11 heteroatoms. The molecule has 0 bridgehead atoms. The molecule has 0 aliphatic carbocycles. The second-order valence-electron chi connectivity index (χ2n) is 3.92. The van der Waals surface area contributed by atoms with Crippen LogP contribution in [0.2, 0.25) is 0 Å². The Hall–Kier alpha value is -2.85. The van der Waals surface area contributed by atoms with Crippen LogP contribution in [0.25, 0.3) is 0 Å². The van der Waals surface area contributed by atoms with Crippen LogP contribution < -0.4 is 5.32 Å². The molecule has 1 amide bonds. The van der Waals surface area contributed by atoms with Crippen molar-refractivity contribution in [2.24, 2.45) is 0 Å². The van der Waals surface area contributed by atoms with Gasteiger partial charge in [-0.15, -0.1) is 0 Å². The van der Waals surface area contributed by atoms with Gasteiger partial charge in [0.25, 0.3) is 0 Å². The molecule has 0 spiro atoms. The molecule has 0 saturated heterocycles. The smallest absolute Gasteiger partial charge is 0.435 e. The SMILES string of the molecule is O=C(Cn1ccc(C(F)(F)F)n1)Nc1cc(C(=O)O)[nH]n1.